The quantitative estimate of drug-likeness (QED) is 0.442. The number of rotatable bonds is 6. The molecule has 3 rings (SSSR count). The van der Waals surface area contributed by atoms with Crippen molar-refractivity contribution in [1.29, 1.82) is 0 Å². The Hall–Kier alpha value is -3.26. The van der Waals surface area contributed by atoms with Crippen LogP contribution in [0.2, 0.25) is 5.02 Å². The van der Waals surface area contributed by atoms with Crippen LogP contribution >= 0.6 is 11.6 Å². The van der Waals surface area contributed by atoms with Crippen LogP contribution in [0.1, 0.15) is 34.6 Å². The molecule has 2 aromatic carbocycles. The molecule has 1 aliphatic heterocycles. The van der Waals surface area contributed by atoms with Crippen molar-refractivity contribution in [3.8, 4) is 5.75 Å². The number of halogens is 5. The first kappa shape index (κ1) is 30.3. The van der Waals surface area contributed by atoms with E-state index >= 15 is 0 Å². The molecule has 0 saturated heterocycles. The van der Waals surface area contributed by atoms with Crippen LogP contribution in [0.25, 0.3) is 0 Å². The molecule has 0 aromatic heterocycles. The van der Waals surface area contributed by atoms with Gasteiger partial charge in [-0.05, 0) is 64.1 Å². The van der Waals surface area contributed by atoms with Crippen LogP contribution in [0.15, 0.2) is 41.3 Å². The van der Waals surface area contributed by atoms with Gasteiger partial charge in [0.05, 0.1) is 27.7 Å². The summed E-state index contributed by atoms with van der Waals surface area (Å²) in [5.74, 6) is -1.21. The fraction of sp³-hybridized carbons (Fsp3) is 0.417. The molecule has 1 unspecified atom stereocenters. The number of alkyl halides is 3. The van der Waals surface area contributed by atoms with Crippen LogP contribution in [-0.4, -0.2) is 50.4 Å². The average molecular weight is 596 g/mol. The number of anilines is 2. The van der Waals surface area contributed by atoms with E-state index in [1.165, 1.54) is 25.1 Å². The van der Waals surface area contributed by atoms with Gasteiger partial charge in [0.1, 0.15) is 17.7 Å². The molecule has 0 fully saturated rings. The third kappa shape index (κ3) is 6.49. The molecule has 9 nitrogen and oxygen atoms in total. The Labute approximate surface area is 227 Å². The first-order chi connectivity index (χ1) is 17.7. The third-order valence-electron chi connectivity index (χ3n) is 5.89. The van der Waals surface area contributed by atoms with Gasteiger partial charge < -0.3 is 14.8 Å². The molecule has 2 amide bonds. The number of hydrogen-bond donors (Lipinski definition) is 2. The number of nitrogens with one attached hydrogen (secondary N) is 2. The number of fused-ring (bicyclic) bond motifs is 1. The third-order valence-corrected chi connectivity index (χ3v) is 7.95. The van der Waals surface area contributed by atoms with E-state index in [2.05, 4.69) is 15.4 Å². The first-order valence-corrected chi connectivity index (χ1v) is 13.2. The average Bonchev–Trinajstić information content (AvgIpc) is 2.78. The summed E-state index contributed by atoms with van der Waals surface area (Å²) in [6.07, 6.45) is -7.19. The van der Waals surface area contributed by atoms with Crippen molar-refractivity contribution in [1.82, 2.24) is 5.32 Å². The van der Waals surface area contributed by atoms with Gasteiger partial charge in [0.25, 0.3) is 10.0 Å². The molecular weight excluding hydrogens is 570 g/mol. The lowest BCUT2D eigenvalue weighted by atomic mass is 9.95. The number of sulfonamides is 1. The summed E-state index contributed by atoms with van der Waals surface area (Å²) in [4.78, 5) is 23.6. The van der Waals surface area contributed by atoms with Crippen molar-refractivity contribution in [2.45, 2.75) is 62.9 Å². The topological polar surface area (TPSA) is 114 Å². The number of carbonyl (C=O) groups is 2. The Balaban J connectivity index is 2.05. The second-order valence-electron chi connectivity index (χ2n) is 9.83. The largest absolute Gasteiger partial charge is 0.484 e. The minimum atomic E-state index is -4.84. The van der Waals surface area contributed by atoms with Gasteiger partial charge in [0, 0.05) is 12.6 Å². The SMILES string of the molecule is CC(=O)NC(C)(C)C1CN(S(=O)(=O)c2ccc(F)c(Cl)c2)c2cc(NC(=O)OC(C)(C)C(F)(F)F)ccc2O1. The van der Waals surface area contributed by atoms with E-state index in [1.54, 1.807) is 13.8 Å². The summed E-state index contributed by atoms with van der Waals surface area (Å²) in [5, 5.41) is 4.41. The summed E-state index contributed by atoms with van der Waals surface area (Å²) in [6.45, 7) is 5.53. The smallest absolute Gasteiger partial charge is 0.427 e. The van der Waals surface area contributed by atoms with Crippen molar-refractivity contribution in [2.24, 2.45) is 0 Å². The van der Waals surface area contributed by atoms with Crippen LogP contribution in [0.4, 0.5) is 33.7 Å². The van der Waals surface area contributed by atoms with Crippen molar-refractivity contribution in [3.05, 3.63) is 47.2 Å². The van der Waals surface area contributed by atoms with Crippen LogP contribution < -0.4 is 19.7 Å². The second-order valence-corrected chi connectivity index (χ2v) is 12.1. The molecule has 0 spiro atoms. The zero-order valence-electron chi connectivity index (χ0n) is 21.4. The van der Waals surface area contributed by atoms with Crippen molar-refractivity contribution in [3.63, 3.8) is 0 Å². The van der Waals surface area contributed by atoms with Crippen molar-refractivity contribution >= 4 is 45.0 Å². The minimum absolute atomic E-state index is 0.0241. The normalized spacial score (nSPS) is 16.2. The highest BCUT2D eigenvalue weighted by atomic mass is 35.5. The monoisotopic (exact) mass is 595 g/mol. The lowest BCUT2D eigenvalue weighted by Gasteiger charge is -2.42. The Morgan fingerprint density at radius 3 is 2.31 bits per heavy atom. The summed E-state index contributed by atoms with van der Waals surface area (Å²) >= 11 is 5.81. The highest BCUT2D eigenvalue weighted by Gasteiger charge is 2.51. The summed E-state index contributed by atoms with van der Waals surface area (Å²) < 4.78 is 91.9. The Morgan fingerprint density at radius 1 is 1.10 bits per heavy atom. The molecule has 0 radical (unpaired) electrons. The predicted octanol–water partition coefficient (Wildman–Crippen LogP) is 5.24. The molecule has 0 bridgehead atoms. The zero-order valence-corrected chi connectivity index (χ0v) is 23.0. The molecule has 1 atom stereocenters. The zero-order chi connectivity index (χ0) is 29.6. The van der Waals surface area contributed by atoms with Crippen molar-refractivity contribution in [2.75, 3.05) is 16.2 Å². The molecule has 2 N–H and O–H groups in total. The van der Waals surface area contributed by atoms with E-state index in [0.717, 1.165) is 22.5 Å². The Bertz CT molecular complexity index is 1400. The van der Waals surface area contributed by atoms with E-state index in [9.17, 15) is 35.6 Å². The first-order valence-electron chi connectivity index (χ1n) is 11.4. The number of nitrogens with zero attached hydrogens (tertiary/aromatic N) is 1. The maximum Gasteiger partial charge on any atom is 0.427 e. The van der Waals surface area contributed by atoms with E-state index in [0.29, 0.717) is 13.8 Å². The second kappa shape index (κ2) is 10.4. The number of benzene rings is 2. The predicted molar refractivity (Wildman–Crippen MR) is 135 cm³/mol. The molecule has 214 valence electrons. The summed E-state index contributed by atoms with van der Waals surface area (Å²) in [5.41, 5.74) is -4.05. The van der Waals surface area contributed by atoms with E-state index < -0.39 is 56.3 Å². The van der Waals surface area contributed by atoms with Crippen LogP contribution in [0.3, 0.4) is 0 Å². The Morgan fingerprint density at radius 2 is 1.74 bits per heavy atom. The maximum atomic E-state index is 13.8. The van der Waals surface area contributed by atoms with Crippen LogP contribution in [0, 0.1) is 5.82 Å². The van der Waals surface area contributed by atoms with Gasteiger partial charge in [-0.3, -0.25) is 14.4 Å². The molecule has 1 aliphatic rings. The maximum absolute atomic E-state index is 13.8. The molecule has 15 heteroatoms. The van der Waals surface area contributed by atoms with Gasteiger partial charge in [-0.25, -0.2) is 17.6 Å². The van der Waals surface area contributed by atoms with Gasteiger partial charge in [-0.2, -0.15) is 13.2 Å². The fourth-order valence-electron chi connectivity index (χ4n) is 3.66. The highest BCUT2D eigenvalue weighted by molar-refractivity contribution is 7.92. The van der Waals surface area contributed by atoms with Gasteiger partial charge in [-0.15, -0.1) is 0 Å². The van der Waals surface area contributed by atoms with Gasteiger partial charge in [-0.1, -0.05) is 11.6 Å². The van der Waals surface area contributed by atoms with Gasteiger partial charge >= 0.3 is 12.3 Å². The van der Waals surface area contributed by atoms with Crippen LogP contribution in [0.5, 0.6) is 5.75 Å². The molecule has 0 saturated carbocycles. The molecule has 39 heavy (non-hydrogen) atoms. The van der Waals surface area contributed by atoms with Crippen molar-refractivity contribution < 1.29 is 45.0 Å². The number of amides is 2. The van der Waals surface area contributed by atoms with E-state index in [-0.39, 0.29) is 28.6 Å². The van der Waals surface area contributed by atoms with Gasteiger partial charge in [0.15, 0.2) is 0 Å². The number of carbonyl (C=O) groups excluding carboxylic acids is 2. The molecule has 0 aliphatic carbocycles. The van der Waals surface area contributed by atoms with E-state index in [4.69, 9.17) is 16.3 Å². The van der Waals surface area contributed by atoms with Gasteiger partial charge in [0.2, 0.25) is 11.5 Å². The molecule has 1 heterocycles. The highest BCUT2D eigenvalue weighted by Crippen LogP contribution is 2.41. The lowest BCUT2D eigenvalue weighted by Crippen LogP contribution is -2.60. The molecular formula is C24H26ClF4N3O6S. The minimum Gasteiger partial charge on any atom is -0.484 e. The Kier molecular flexibility index (Phi) is 8.06. The number of ether oxygens (including phenoxy) is 2. The molecule has 2 aromatic rings. The standard InChI is InChI=1S/C24H26ClF4N3O6S/c1-13(33)31-22(2,3)20-12-32(39(35,36)15-7-8-17(26)16(25)11-15)18-10-14(6-9-19(18)37-20)30-21(34)38-23(4,5)24(27,28)29/h6-11,20H,12H2,1-5H3,(H,30,34)(H,31,33). The summed E-state index contributed by atoms with van der Waals surface area (Å²) in [7, 11) is -4.43. The number of hydrogen-bond acceptors (Lipinski definition) is 6. The van der Waals surface area contributed by atoms with E-state index in [1.807, 2.05) is 0 Å². The van der Waals surface area contributed by atoms with Crippen LogP contribution in [-0.2, 0) is 19.6 Å². The summed E-state index contributed by atoms with van der Waals surface area (Å²) in [6, 6.07) is 6.56. The fourth-order valence-corrected chi connectivity index (χ4v) is 5.40. The lowest BCUT2D eigenvalue weighted by molar-refractivity contribution is -0.242.